The molecular formula is C15H18Cl2N2O. The molecule has 0 aliphatic carbocycles. The Bertz CT molecular complexity index is 605. The number of imidazole rings is 1. The van der Waals surface area contributed by atoms with Crippen LogP contribution < -0.4 is 0 Å². The summed E-state index contributed by atoms with van der Waals surface area (Å²) in [6, 6.07) is 6.16. The molecule has 0 bridgehead atoms. The molecule has 0 N–H and O–H groups in total. The number of rotatable bonds is 3. The topological polar surface area (TPSA) is 27.1 Å². The van der Waals surface area contributed by atoms with Crippen molar-refractivity contribution in [1.29, 1.82) is 0 Å². The Hall–Kier alpha value is -0.770. The van der Waals surface area contributed by atoms with E-state index >= 15 is 0 Å². The minimum atomic E-state index is 0.331. The van der Waals surface area contributed by atoms with Crippen molar-refractivity contribution < 1.29 is 4.74 Å². The summed E-state index contributed by atoms with van der Waals surface area (Å²) in [6.45, 7) is 3.91. The molecular weight excluding hydrogens is 295 g/mol. The SMILES string of the molecule is CC(C1CCOCC1)n1c(CCl)nc2cccc(Cl)c21. The number of para-hydroxylation sites is 1. The molecule has 1 aliphatic heterocycles. The summed E-state index contributed by atoms with van der Waals surface area (Å²) in [5.41, 5.74) is 1.93. The van der Waals surface area contributed by atoms with Crippen molar-refractivity contribution >= 4 is 34.2 Å². The molecule has 1 unspecified atom stereocenters. The Balaban J connectivity index is 2.08. The van der Waals surface area contributed by atoms with Crippen molar-refractivity contribution in [2.75, 3.05) is 13.2 Å². The van der Waals surface area contributed by atoms with E-state index in [1.807, 2.05) is 18.2 Å². The summed E-state index contributed by atoms with van der Waals surface area (Å²) in [4.78, 5) is 4.62. The number of hydrogen-bond donors (Lipinski definition) is 0. The quantitative estimate of drug-likeness (QED) is 0.785. The van der Waals surface area contributed by atoms with Gasteiger partial charge in [0, 0.05) is 19.3 Å². The molecule has 0 spiro atoms. The highest BCUT2D eigenvalue weighted by Gasteiger charge is 2.25. The van der Waals surface area contributed by atoms with Crippen LogP contribution >= 0.6 is 23.2 Å². The van der Waals surface area contributed by atoms with Crippen LogP contribution in [-0.2, 0) is 10.6 Å². The smallest absolute Gasteiger partial charge is 0.125 e. The Labute approximate surface area is 128 Å². The van der Waals surface area contributed by atoms with E-state index in [2.05, 4.69) is 16.5 Å². The fourth-order valence-electron chi connectivity index (χ4n) is 3.10. The van der Waals surface area contributed by atoms with Crippen LogP contribution in [0.5, 0.6) is 0 Å². The molecule has 0 amide bonds. The fraction of sp³-hybridized carbons (Fsp3) is 0.533. The Morgan fingerprint density at radius 1 is 1.40 bits per heavy atom. The first kappa shape index (κ1) is 14.2. The maximum atomic E-state index is 6.39. The Morgan fingerprint density at radius 3 is 2.85 bits per heavy atom. The third kappa shape index (κ3) is 2.43. The predicted octanol–water partition coefficient (Wildman–Crippen LogP) is 4.42. The van der Waals surface area contributed by atoms with Gasteiger partial charge in [-0.15, -0.1) is 11.6 Å². The van der Waals surface area contributed by atoms with Crippen LogP contribution in [-0.4, -0.2) is 22.8 Å². The maximum absolute atomic E-state index is 6.39. The highest BCUT2D eigenvalue weighted by Crippen LogP contribution is 2.34. The van der Waals surface area contributed by atoms with Crippen molar-refractivity contribution in [3.05, 3.63) is 29.0 Å². The molecule has 108 valence electrons. The molecule has 1 fully saturated rings. The van der Waals surface area contributed by atoms with Crippen molar-refractivity contribution in [3.63, 3.8) is 0 Å². The molecule has 2 aromatic rings. The van der Waals surface area contributed by atoms with Crippen molar-refractivity contribution in [1.82, 2.24) is 9.55 Å². The molecule has 1 aromatic heterocycles. The van der Waals surface area contributed by atoms with Gasteiger partial charge in [0.1, 0.15) is 5.82 Å². The second-order valence-corrected chi connectivity index (χ2v) is 6.00. The summed E-state index contributed by atoms with van der Waals surface area (Å²) in [5, 5.41) is 0.741. The number of nitrogens with zero attached hydrogens (tertiary/aromatic N) is 2. The Kier molecular flexibility index (Phi) is 4.20. The van der Waals surface area contributed by atoms with E-state index < -0.39 is 0 Å². The molecule has 2 heterocycles. The van der Waals surface area contributed by atoms with Gasteiger partial charge >= 0.3 is 0 Å². The van der Waals surface area contributed by atoms with Gasteiger partial charge in [0.2, 0.25) is 0 Å². The lowest BCUT2D eigenvalue weighted by atomic mass is 9.92. The minimum Gasteiger partial charge on any atom is -0.381 e. The third-order valence-electron chi connectivity index (χ3n) is 4.21. The van der Waals surface area contributed by atoms with Gasteiger partial charge in [-0.3, -0.25) is 0 Å². The number of fused-ring (bicyclic) bond motifs is 1. The largest absolute Gasteiger partial charge is 0.381 e. The molecule has 3 rings (SSSR count). The average Bonchev–Trinajstić information content (AvgIpc) is 2.87. The van der Waals surface area contributed by atoms with Gasteiger partial charge in [-0.1, -0.05) is 17.7 Å². The molecule has 1 atom stereocenters. The van der Waals surface area contributed by atoms with Crippen LogP contribution in [0.25, 0.3) is 11.0 Å². The molecule has 0 saturated carbocycles. The average molecular weight is 313 g/mol. The molecule has 1 aliphatic rings. The second-order valence-electron chi connectivity index (χ2n) is 5.33. The number of benzene rings is 1. The normalized spacial score (nSPS) is 18.6. The van der Waals surface area contributed by atoms with Crippen LogP contribution in [0.2, 0.25) is 5.02 Å². The summed E-state index contributed by atoms with van der Waals surface area (Å²) in [5.74, 6) is 1.88. The van der Waals surface area contributed by atoms with Gasteiger partial charge in [-0.25, -0.2) is 4.98 Å². The zero-order chi connectivity index (χ0) is 14.1. The first-order valence-corrected chi connectivity index (χ1v) is 7.92. The van der Waals surface area contributed by atoms with E-state index in [1.54, 1.807) is 0 Å². The van der Waals surface area contributed by atoms with Crippen molar-refractivity contribution in [2.24, 2.45) is 5.92 Å². The van der Waals surface area contributed by atoms with Gasteiger partial charge in [-0.05, 0) is 37.8 Å². The van der Waals surface area contributed by atoms with E-state index in [4.69, 9.17) is 27.9 Å². The maximum Gasteiger partial charge on any atom is 0.125 e. The summed E-state index contributed by atoms with van der Waals surface area (Å²) < 4.78 is 7.68. The predicted molar refractivity (Wildman–Crippen MR) is 82.6 cm³/mol. The monoisotopic (exact) mass is 312 g/mol. The summed E-state index contributed by atoms with van der Waals surface area (Å²) >= 11 is 12.5. The standard InChI is InChI=1S/C15H18Cl2N2O/c1-10(11-5-7-20-8-6-11)19-14(9-16)18-13-4-2-3-12(17)15(13)19/h2-4,10-11H,5-9H2,1H3. The summed E-state index contributed by atoms with van der Waals surface area (Å²) in [6.07, 6.45) is 2.15. The van der Waals surface area contributed by atoms with Gasteiger partial charge in [-0.2, -0.15) is 0 Å². The van der Waals surface area contributed by atoms with Gasteiger partial charge < -0.3 is 9.30 Å². The highest BCUT2D eigenvalue weighted by atomic mass is 35.5. The highest BCUT2D eigenvalue weighted by molar-refractivity contribution is 6.35. The van der Waals surface area contributed by atoms with E-state index in [1.165, 1.54) is 0 Å². The lowest BCUT2D eigenvalue weighted by Crippen LogP contribution is -2.25. The van der Waals surface area contributed by atoms with Gasteiger partial charge in [0.15, 0.2) is 0 Å². The van der Waals surface area contributed by atoms with Gasteiger partial charge in [0.05, 0.1) is 21.9 Å². The fourth-order valence-corrected chi connectivity index (χ4v) is 3.55. The van der Waals surface area contributed by atoms with Crippen molar-refractivity contribution in [2.45, 2.75) is 31.7 Å². The van der Waals surface area contributed by atoms with Crippen LogP contribution in [0, 0.1) is 5.92 Å². The van der Waals surface area contributed by atoms with E-state index in [-0.39, 0.29) is 0 Å². The number of aromatic nitrogens is 2. The Morgan fingerprint density at radius 2 is 2.15 bits per heavy atom. The van der Waals surface area contributed by atoms with Gasteiger partial charge in [0.25, 0.3) is 0 Å². The van der Waals surface area contributed by atoms with Crippen LogP contribution in [0.15, 0.2) is 18.2 Å². The number of halogens is 2. The molecule has 1 aromatic carbocycles. The second kappa shape index (κ2) is 5.92. The summed E-state index contributed by atoms with van der Waals surface area (Å²) in [7, 11) is 0. The molecule has 20 heavy (non-hydrogen) atoms. The van der Waals surface area contributed by atoms with Crippen LogP contribution in [0.3, 0.4) is 0 Å². The number of hydrogen-bond acceptors (Lipinski definition) is 2. The zero-order valence-electron chi connectivity index (χ0n) is 11.5. The van der Waals surface area contributed by atoms with Crippen LogP contribution in [0.1, 0.15) is 31.6 Å². The van der Waals surface area contributed by atoms with Crippen molar-refractivity contribution in [3.8, 4) is 0 Å². The molecule has 3 nitrogen and oxygen atoms in total. The molecule has 1 saturated heterocycles. The molecule has 5 heteroatoms. The number of alkyl halides is 1. The molecule has 0 radical (unpaired) electrons. The first-order chi connectivity index (χ1) is 9.72. The number of ether oxygens (including phenoxy) is 1. The zero-order valence-corrected chi connectivity index (χ0v) is 13.0. The minimum absolute atomic E-state index is 0.331. The van der Waals surface area contributed by atoms with E-state index in [0.717, 1.165) is 47.9 Å². The van der Waals surface area contributed by atoms with E-state index in [0.29, 0.717) is 17.8 Å². The lowest BCUT2D eigenvalue weighted by Gasteiger charge is -2.30. The first-order valence-electron chi connectivity index (χ1n) is 7.01. The lowest BCUT2D eigenvalue weighted by molar-refractivity contribution is 0.0516. The van der Waals surface area contributed by atoms with E-state index in [9.17, 15) is 0 Å². The third-order valence-corrected chi connectivity index (χ3v) is 4.75. The van der Waals surface area contributed by atoms with Crippen LogP contribution in [0.4, 0.5) is 0 Å².